The molecule has 0 aromatic heterocycles. The SMILES string of the molecule is C=CCNC(N)=NCC1(c2ccc3c(c2)OCO3)CCOCC1. The molecule has 6 nitrogen and oxygen atoms in total. The minimum Gasteiger partial charge on any atom is -0.454 e. The molecule has 1 saturated heterocycles. The first-order valence-corrected chi connectivity index (χ1v) is 7.86. The van der Waals surface area contributed by atoms with Crippen LogP contribution >= 0.6 is 0 Å². The van der Waals surface area contributed by atoms with Crippen LogP contribution < -0.4 is 20.5 Å². The molecular weight excluding hydrogens is 294 g/mol. The number of nitrogens with zero attached hydrogens (tertiary/aromatic N) is 1. The highest BCUT2D eigenvalue weighted by molar-refractivity contribution is 5.78. The van der Waals surface area contributed by atoms with Crippen molar-refractivity contribution in [2.24, 2.45) is 10.7 Å². The molecule has 0 unspecified atom stereocenters. The zero-order valence-electron chi connectivity index (χ0n) is 13.2. The van der Waals surface area contributed by atoms with Gasteiger partial charge in [-0.15, -0.1) is 6.58 Å². The molecule has 0 aliphatic carbocycles. The highest BCUT2D eigenvalue weighted by Gasteiger charge is 2.35. The summed E-state index contributed by atoms with van der Waals surface area (Å²) in [6.45, 7) is 6.62. The van der Waals surface area contributed by atoms with Crippen molar-refractivity contribution in [3.63, 3.8) is 0 Å². The van der Waals surface area contributed by atoms with Crippen LogP contribution in [0.4, 0.5) is 0 Å². The minimum absolute atomic E-state index is 0.0836. The van der Waals surface area contributed by atoms with Crippen molar-refractivity contribution in [1.29, 1.82) is 0 Å². The Balaban J connectivity index is 1.83. The summed E-state index contributed by atoms with van der Waals surface area (Å²) in [5.74, 6) is 2.04. The van der Waals surface area contributed by atoms with Gasteiger partial charge < -0.3 is 25.3 Å². The van der Waals surface area contributed by atoms with Crippen LogP contribution in [0.15, 0.2) is 35.8 Å². The molecule has 0 radical (unpaired) electrons. The predicted molar refractivity (Wildman–Crippen MR) is 89.0 cm³/mol. The molecule has 0 amide bonds. The minimum atomic E-state index is -0.0836. The summed E-state index contributed by atoms with van der Waals surface area (Å²) in [5, 5.41) is 3.02. The molecule has 124 valence electrons. The van der Waals surface area contributed by atoms with E-state index in [0.717, 1.165) is 37.6 Å². The molecule has 1 aromatic carbocycles. The van der Waals surface area contributed by atoms with E-state index in [-0.39, 0.29) is 12.2 Å². The molecule has 6 heteroatoms. The molecule has 0 saturated carbocycles. The molecule has 2 heterocycles. The molecule has 0 atom stereocenters. The highest BCUT2D eigenvalue weighted by atomic mass is 16.7. The van der Waals surface area contributed by atoms with E-state index in [0.29, 0.717) is 19.0 Å². The molecule has 1 fully saturated rings. The van der Waals surface area contributed by atoms with Gasteiger partial charge in [-0.3, -0.25) is 4.99 Å². The number of nitrogens with one attached hydrogen (secondary N) is 1. The van der Waals surface area contributed by atoms with Gasteiger partial charge in [0.25, 0.3) is 0 Å². The first kappa shape index (κ1) is 15.7. The zero-order valence-corrected chi connectivity index (χ0v) is 13.2. The molecule has 2 aliphatic rings. The first-order valence-electron chi connectivity index (χ1n) is 7.86. The number of fused-ring (bicyclic) bond motifs is 1. The van der Waals surface area contributed by atoms with Crippen molar-refractivity contribution >= 4 is 5.96 Å². The fraction of sp³-hybridized carbons (Fsp3) is 0.471. The van der Waals surface area contributed by atoms with Crippen LogP contribution in [-0.4, -0.2) is 39.1 Å². The second kappa shape index (κ2) is 6.91. The number of rotatable bonds is 5. The Bertz CT molecular complexity index is 595. The van der Waals surface area contributed by atoms with E-state index in [1.54, 1.807) is 6.08 Å². The first-order chi connectivity index (χ1) is 11.2. The van der Waals surface area contributed by atoms with Gasteiger partial charge in [0.15, 0.2) is 17.5 Å². The molecule has 0 bridgehead atoms. The number of benzene rings is 1. The van der Waals surface area contributed by atoms with E-state index in [2.05, 4.69) is 29.0 Å². The summed E-state index contributed by atoms with van der Waals surface area (Å²) in [5.41, 5.74) is 7.04. The van der Waals surface area contributed by atoms with Crippen molar-refractivity contribution in [3.8, 4) is 11.5 Å². The Morgan fingerprint density at radius 2 is 2.09 bits per heavy atom. The molecule has 2 aliphatic heterocycles. The van der Waals surface area contributed by atoms with E-state index in [1.807, 2.05) is 6.07 Å². The quantitative estimate of drug-likeness (QED) is 0.489. The average molecular weight is 317 g/mol. The Morgan fingerprint density at radius 3 is 2.87 bits per heavy atom. The van der Waals surface area contributed by atoms with E-state index >= 15 is 0 Å². The van der Waals surface area contributed by atoms with E-state index < -0.39 is 0 Å². The van der Waals surface area contributed by atoms with Crippen molar-refractivity contribution in [3.05, 3.63) is 36.4 Å². The van der Waals surface area contributed by atoms with Crippen molar-refractivity contribution in [2.45, 2.75) is 18.3 Å². The molecule has 0 spiro atoms. The second-order valence-corrected chi connectivity index (χ2v) is 5.83. The fourth-order valence-electron chi connectivity index (χ4n) is 3.00. The lowest BCUT2D eigenvalue weighted by atomic mass is 9.74. The number of aliphatic imine (C=N–C) groups is 1. The molecule has 3 N–H and O–H groups in total. The lowest BCUT2D eigenvalue weighted by molar-refractivity contribution is 0.0530. The third kappa shape index (κ3) is 3.42. The van der Waals surface area contributed by atoms with Gasteiger partial charge in [-0.25, -0.2) is 0 Å². The summed E-state index contributed by atoms with van der Waals surface area (Å²) in [7, 11) is 0. The number of guanidine groups is 1. The topological polar surface area (TPSA) is 78.1 Å². The summed E-state index contributed by atoms with van der Waals surface area (Å²) in [4.78, 5) is 4.54. The monoisotopic (exact) mass is 317 g/mol. The number of nitrogens with two attached hydrogens (primary N) is 1. The van der Waals surface area contributed by atoms with Crippen LogP contribution in [0.25, 0.3) is 0 Å². The standard InChI is InChI=1S/C17H23N3O3/c1-2-7-19-16(18)20-11-17(5-8-21-9-6-17)13-3-4-14-15(10-13)23-12-22-14/h2-4,10H,1,5-9,11-12H2,(H3,18,19,20). The van der Waals surface area contributed by atoms with Crippen LogP contribution in [0, 0.1) is 0 Å². The normalized spacial score (nSPS) is 19.4. The predicted octanol–water partition coefficient (Wildman–Crippen LogP) is 1.55. The fourth-order valence-corrected chi connectivity index (χ4v) is 3.00. The van der Waals surface area contributed by atoms with Gasteiger partial charge in [0.05, 0.1) is 6.54 Å². The third-order valence-electron chi connectivity index (χ3n) is 4.41. The van der Waals surface area contributed by atoms with Crippen LogP contribution in [0.1, 0.15) is 18.4 Å². The summed E-state index contributed by atoms with van der Waals surface area (Å²) < 4.78 is 16.5. The van der Waals surface area contributed by atoms with Crippen LogP contribution in [-0.2, 0) is 10.2 Å². The van der Waals surface area contributed by atoms with Gasteiger partial charge in [-0.1, -0.05) is 12.1 Å². The number of hydrogen-bond donors (Lipinski definition) is 2. The largest absolute Gasteiger partial charge is 0.454 e. The summed E-state index contributed by atoms with van der Waals surface area (Å²) >= 11 is 0. The van der Waals surface area contributed by atoms with Crippen molar-refractivity contribution < 1.29 is 14.2 Å². The maximum Gasteiger partial charge on any atom is 0.231 e. The average Bonchev–Trinajstić information content (AvgIpc) is 3.06. The van der Waals surface area contributed by atoms with Crippen LogP contribution in [0.5, 0.6) is 11.5 Å². The van der Waals surface area contributed by atoms with E-state index in [9.17, 15) is 0 Å². The lowest BCUT2D eigenvalue weighted by Crippen LogP contribution is -2.39. The smallest absolute Gasteiger partial charge is 0.231 e. The second-order valence-electron chi connectivity index (χ2n) is 5.83. The summed E-state index contributed by atoms with van der Waals surface area (Å²) in [6.07, 6.45) is 3.57. The Kier molecular flexibility index (Phi) is 4.71. The number of hydrogen-bond acceptors (Lipinski definition) is 4. The van der Waals surface area contributed by atoms with Crippen LogP contribution in [0.2, 0.25) is 0 Å². The van der Waals surface area contributed by atoms with E-state index in [1.165, 1.54) is 5.56 Å². The molecule has 1 aromatic rings. The number of ether oxygens (including phenoxy) is 3. The molecular formula is C17H23N3O3. The van der Waals surface area contributed by atoms with Gasteiger partial charge in [0.1, 0.15) is 0 Å². The third-order valence-corrected chi connectivity index (χ3v) is 4.41. The maximum absolute atomic E-state index is 5.92. The maximum atomic E-state index is 5.92. The van der Waals surface area contributed by atoms with Crippen molar-refractivity contribution in [2.75, 3.05) is 33.1 Å². The van der Waals surface area contributed by atoms with Gasteiger partial charge in [-0.05, 0) is 30.5 Å². The zero-order chi connectivity index (χ0) is 16.1. The van der Waals surface area contributed by atoms with Crippen molar-refractivity contribution in [1.82, 2.24) is 5.32 Å². The van der Waals surface area contributed by atoms with Gasteiger partial charge in [-0.2, -0.15) is 0 Å². The summed E-state index contributed by atoms with van der Waals surface area (Å²) in [6, 6.07) is 6.14. The Hall–Kier alpha value is -2.21. The van der Waals surface area contributed by atoms with E-state index in [4.69, 9.17) is 19.9 Å². The molecule has 23 heavy (non-hydrogen) atoms. The van der Waals surface area contributed by atoms with Gasteiger partial charge in [0.2, 0.25) is 6.79 Å². The Morgan fingerprint density at radius 1 is 1.30 bits per heavy atom. The Labute approximate surface area is 136 Å². The molecule has 3 rings (SSSR count). The highest BCUT2D eigenvalue weighted by Crippen LogP contribution is 2.41. The van der Waals surface area contributed by atoms with Gasteiger partial charge >= 0.3 is 0 Å². The van der Waals surface area contributed by atoms with Gasteiger partial charge in [0, 0.05) is 25.2 Å². The van der Waals surface area contributed by atoms with Crippen LogP contribution in [0.3, 0.4) is 0 Å². The lowest BCUT2D eigenvalue weighted by Gasteiger charge is -2.36.